The highest BCUT2D eigenvalue weighted by atomic mass is 35.5. The molecule has 0 heterocycles. The lowest BCUT2D eigenvalue weighted by atomic mass is 10.2. The number of hydrogen-bond acceptors (Lipinski definition) is 4. The van der Waals surface area contributed by atoms with Gasteiger partial charge >= 0.3 is 0 Å². The molecule has 1 aromatic carbocycles. The van der Waals surface area contributed by atoms with Gasteiger partial charge in [-0.15, -0.1) is 0 Å². The molecule has 0 bridgehead atoms. The molecular formula is C11H14ClFN2O3. The van der Waals surface area contributed by atoms with E-state index in [9.17, 15) is 14.5 Å². The third kappa shape index (κ3) is 3.82. The molecular weight excluding hydrogens is 263 g/mol. The van der Waals surface area contributed by atoms with Gasteiger partial charge in [-0.05, 0) is 5.92 Å². The van der Waals surface area contributed by atoms with Crippen LogP contribution in [0.5, 0.6) is 0 Å². The Bertz CT molecular complexity index is 443. The largest absolute Gasteiger partial charge is 0.384 e. The molecule has 0 spiro atoms. The second kappa shape index (κ2) is 6.51. The van der Waals surface area contributed by atoms with Crippen molar-refractivity contribution in [3.8, 4) is 0 Å². The van der Waals surface area contributed by atoms with Crippen LogP contribution >= 0.6 is 11.6 Å². The quantitative estimate of drug-likeness (QED) is 0.640. The topological polar surface area (TPSA) is 64.4 Å². The molecule has 0 radical (unpaired) electrons. The predicted octanol–water partition coefficient (Wildman–Crippen LogP) is 3.08. The number of nitrogens with one attached hydrogen (secondary N) is 1. The number of ether oxygens (including phenoxy) is 1. The SMILES string of the molecule is COCC(C)CNc1cc(F)c(Cl)cc1[N+](=O)[O-]. The second-order valence-corrected chi connectivity index (χ2v) is 4.39. The summed E-state index contributed by atoms with van der Waals surface area (Å²) in [6.45, 7) is 2.86. The van der Waals surface area contributed by atoms with Crippen LogP contribution in [-0.4, -0.2) is 25.2 Å². The summed E-state index contributed by atoms with van der Waals surface area (Å²) in [4.78, 5) is 10.2. The number of benzene rings is 1. The molecule has 0 aliphatic carbocycles. The van der Waals surface area contributed by atoms with Crippen molar-refractivity contribution < 1.29 is 14.1 Å². The first-order chi connectivity index (χ1) is 8.45. The molecule has 7 heteroatoms. The molecule has 0 saturated heterocycles. The zero-order valence-corrected chi connectivity index (χ0v) is 10.8. The fourth-order valence-electron chi connectivity index (χ4n) is 1.46. The van der Waals surface area contributed by atoms with Crippen molar-refractivity contribution in [2.45, 2.75) is 6.92 Å². The van der Waals surface area contributed by atoms with E-state index in [4.69, 9.17) is 16.3 Å². The van der Waals surface area contributed by atoms with Gasteiger partial charge in [0, 0.05) is 25.8 Å². The highest BCUT2D eigenvalue weighted by molar-refractivity contribution is 6.31. The Morgan fingerprint density at radius 3 is 2.83 bits per heavy atom. The maximum atomic E-state index is 13.3. The Kier molecular flexibility index (Phi) is 5.30. The Hall–Kier alpha value is -1.40. The molecule has 1 unspecified atom stereocenters. The molecule has 1 atom stereocenters. The van der Waals surface area contributed by atoms with Gasteiger partial charge in [-0.1, -0.05) is 18.5 Å². The molecule has 0 aliphatic rings. The van der Waals surface area contributed by atoms with E-state index in [-0.39, 0.29) is 22.3 Å². The standard InChI is InChI=1S/C11H14ClFN2O3/c1-7(6-18-2)5-14-10-4-9(13)8(12)3-11(10)15(16)17/h3-4,7,14H,5-6H2,1-2H3. The minimum atomic E-state index is -0.691. The second-order valence-electron chi connectivity index (χ2n) is 3.98. The lowest BCUT2D eigenvalue weighted by Gasteiger charge is -2.13. The van der Waals surface area contributed by atoms with E-state index < -0.39 is 10.7 Å². The van der Waals surface area contributed by atoms with Crippen LogP contribution in [0.2, 0.25) is 5.02 Å². The van der Waals surface area contributed by atoms with Crippen LogP contribution < -0.4 is 5.32 Å². The Labute approximate surface area is 109 Å². The van der Waals surface area contributed by atoms with Gasteiger partial charge < -0.3 is 10.1 Å². The number of hydrogen-bond donors (Lipinski definition) is 1. The van der Waals surface area contributed by atoms with Gasteiger partial charge in [0.1, 0.15) is 11.5 Å². The van der Waals surface area contributed by atoms with Crippen molar-refractivity contribution in [3.63, 3.8) is 0 Å². The first-order valence-corrected chi connectivity index (χ1v) is 5.69. The van der Waals surface area contributed by atoms with Crippen LogP contribution in [0.15, 0.2) is 12.1 Å². The summed E-state index contributed by atoms with van der Waals surface area (Å²) in [6.07, 6.45) is 0. The first kappa shape index (κ1) is 14.7. The summed E-state index contributed by atoms with van der Waals surface area (Å²) >= 11 is 5.52. The van der Waals surface area contributed by atoms with Crippen LogP contribution in [0, 0.1) is 21.8 Å². The Balaban J connectivity index is 2.86. The van der Waals surface area contributed by atoms with Gasteiger partial charge in [-0.3, -0.25) is 10.1 Å². The molecule has 0 aromatic heterocycles. The van der Waals surface area contributed by atoms with E-state index in [1.807, 2.05) is 6.92 Å². The van der Waals surface area contributed by atoms with E-state index >= 15 is 0 Å². The van der Waals surface area contributed by atoms with E-state index in [1.165, 1.54) is 0 Å². The molecule has 100 valence electrons. The number of nitrogens with zero attached hydrogens (tertiary/aromatic N) is 1. The van der Waals surface area contributed by atoms with Crippen LogP contribution in [-0.2, 0) is 4.74 Å². The van der Waals surface area contributed by atoms with Gasteiger partial charge in [0.05, 0.1) is 16.6 Å². The summed E-state index contributed by atoms with van der Waals surface area (Å²) in [5.74, 6) is -0.544. The van der Waals surface area contributed by atoms with E-state index in [2.05, 4.69) is 5.32 Å². The fourth-order valence-corrected chi connectivity index (χ4v) is 1.61. The molecule has 0 aliphatic heterocycles. The number of rotatable bonds is 6. The zero-order chi connectivity index (χ0) is 13.7. The zero-order valence-electron chi connectivity index (χ0n) is 10.1. The van der Waals surface area contributed by atoms with Crippen molar-refractivity contribution in [3.05, 3.63) is 33.1 Å². The molecule has 1 rings (SSSR count). The molecule has 0 amide bonds. The first-order valence-electron chi connectivity index (χ1n) is 5.32. The average molecular weight is 277 g/mol. The molecule has 0 fully saturated rings. The van der Waals surface area contributed by atoms with Crippen LogP contribution in [0.1, 0.15) is 6.92 Å². The monoisotopic (exact) mass is 276 g/mol. The summed E-state index contributed by atoms with van der Waals surface area (Å²) in [5.41, 5.74) is -0.129. The summed E-state index contributed by atoms with van der Waals surface area (Å²) in [6, 6.07) is 2.03. The minimum Gasteiger partial charge on any atom is -0.384 e. The molecule has 5 nitrogen and oxygen atoms in total. The number of anilines is 1. The van der Waals surface area contributed by atoms with Crippen molar-refractivity contribution >= 4 is 23.0 Å². The summed E-state index contributed by atoms with van der Waals surface area (Å²) < 4.78 is 18.2. The van der Waals surface area contributed by atoms with E-state index in [1.54, 1.807) is 7.11 Å². The van der Waals surface area contributed by atoms with Gasteiger partial charge in [0.2, 0.25) is 0 Å². The fraction of sp³-hybridized carbons (Fsp3) is 0.455. The maximum Gasteiger partial charge on any atom is 0.294 e. The van der Waals surface area contributed by atoms with Gasteiger partial charge in [-0.25, -0.2) is 4.39 Å². The average Bonchev–Trinajstić information content (AvgIpc) is 2.30. The molecule has 0 saturated carbocycles. The molecule has 18 heavy (non-hydrogen) atoms. The van der Waals surface area contributed by atoms with E-state index in [0.29, 0.717) is 13.2 Å². The number of nitro groups is 1. The maximum absolute atomic E-state index is 13.3. The molecule has 1 aromatic rings. The number of halogens is 2. The third-order valence-corrected chi connectivity index (χ3v) is 2.62. The summed E-state index contributed by atoms with van der Waals surface area (Å²) in [7, 11) is 1.57. The van der Waals surface area contributed by atoms with Gasteiger partial charge in [0.15, 0.2) is 0 Å². The number of methoxy groups -OCH3 is 1. The minimum absolute atomic E-state index is 0.116. The van der Waals surface area contributed by atoms with E-state index in [0.717, 1.165) is 12.1 Å². The Morgan fingerprint density at radius 2 is 2.28 bits per heavy atom. The Morgan fingerprint density at radius 1 is 1.61 bits per heavy atom. The molecule has 1 N–H and O–H groups in total. The number of nitro benzene ring substituents is 1. The highest BCUT2D eigenvalue weighted by Crippen LogP contribution is 2.30. The van der Waals surface area contributed by atoms with Crippen LogP contribution in [0.3, 0.4) is 0 Å². The predicted molar refractivity (Wildman–Crippen MR) is 67.6 cm³/mol. The van der Waals surface area contributed by atoms with Crippen molar-refractivity contribution in [2.24, 2.45) is 5.92 Å². The van der Waals surface area contributed by atoms with Crippen molar-refractivity contribution in [1.29, 1.82) is 0 Å². The van der Waals surface area contributed by atoms with Crippen molar-refractivity contribution in [2.75, 3.05) is 25.6 Å². The smallest absolute Gasteiger partial charge is 0.294 e. The van der Waals surface area contributed by atoms with Gasteiger partial charge in [-0.2, -0.15) is 0 Å². The highest BCUT2D eigenvalue weighted by Gasteiger charge is 2.18. The summed E-state index contributed by atoms with van der Waals surface area (Å²) in [5, 5.41) is 13.4. The lowest BCUT2D eigenvalue weighted by Crippen LogP contribution is -2.16. The lowest BCUT2D eigenvalue weighted by molar-refractivity contribution is -0.384. The van der Waals surface area contributed by atoms with Crippen molar-refractivity contribution in [1.82, 2.24) is 0 Å². The van der Waals surface area contributed by atoms with Gasteiger partial charge in [0.25, 0.3) is 5.69 Å². The van der Waals surface area contributed by atoms with Crippen LogP contribution in [0.4, 0.5) is 15.8 Å². The third-order valence-electron chi connectivity index (χ3n) is 2.33. The van der Waals surface area contributed by atoms with Crippen LogP contribution in [0.25, 0.3) is 0 Å². The normalized spacial score (nSPS) is 12.2.